The fourth-order valence-electron chi connectivity index (χ4n) is 2.75. The molecule has 1 fully saturated rings. The van der Waals surface area contributed by atoms with Crippen molar-refractivity contribution in [2.24, 2.45) is 5.73 Å². The summed E-state index contributed by atoms with van der Waals surface area (Å²) in [5, 5.41) is 2.86. The Morgan fingerprint density at radius 3 is 2.57 bits per heavy atom. The van der Waals surface area contributed by atoms with Gasteiger partial charge in [0.25, 0.3) is 0 Å². The first-order valence-electron chi connectivity index (χ1n) is 7.91. The van der Waals surface area contributed by atoms with Crippen LogP contribution in [0.15, 0.2) is 23.7 Å². The number of anilines is 1. The van der Waals surface area contributed by atoms with E-state index in [0.717, 1.165) is 22.3 Å². The Bertz CT molecular complexity index is 666. The van der Waals surface area contributed by atoms with Crippen molar-refractivity contribution >= 4 is 24.8 Å². The molecular weight excluding hydrogens is 291 g/mol. The maximum absolute atomic E-state index is 11.5. The summed E-state index contributed by atoms with van der Waals surface area (Å²) in [6.45, 7) is 8.43. The van der Waals surface area contributed by atoms with Crippen LogP contribution in [0.2, 0.25) is 0 Å². The van der Waals surface area contributed by atoms with Crippen LogP contribution in [-0.2, 0) is 20.5 Å². The smallest absolute Gasteiger partial charge is 0.400 e. The molecule has 122 valence electrons. The number of fused-ring (bicyclic) bond motifs is 1. The first-order chi connectivity index (χ1) is 10.7. The van der Waals surface area contributed by atoms with E-state index in [1.54, 1.807) is 0 Å². The highest BCUT2D eigenvalue weighted by atomic mass is 16.7. The Morgan fingerprint density at radius 2 is 1.96 bits per heavy atom. The first kappa shape index (κ1) is 16.2. The van der Waals surface area contributed by atoms with E-state index in [1.165, 1.54) is 0 Å². The number of rotatable bonds is 3. The van der Waals surface area contributed by atoms with E-state index in [1.807, 2.05) is 52.0 Å². The highest BCUT2D eigenvalue weighted by Crippen LogP contribution is 2.38. The molecular formula is C17H23BN2O3. The molecule has 0 aliphatic carbocycles. The zero-order valence-electron chi connectivity index (χ0n) is 14.1. The second-order valence-corrected chi connectivity index (χ2v) is 7.15. The maximum Gasteiger partial charge on any atom is 0.491 e. The highest BCUT2D eigenvalue weighted by Gasteiger charge is 2.52. The summed E-state index contributed by atoms with van der Waals surface area (Å²) >= 11 is 0. The van der Waals surface area contributed by atoms with Gasteiger partial charge in [0.1, 0.15) is 0 Å². The van der Waals surface area contributed by atoms with Gasteiger partial charge in [0.05, 0.1) is 17.6 Å². The van der Waals surface area contributed by atoms with Gasteiger partial charge in [-0.25, -0.2) is 0 Å². The van der Waals surface area contributed by atoms with Gasteiger partial charge < -0.3 is 20.4 Å². The molecule has 2 aliphatic rings. The van der Waals surface area contributed by atoms with Crippen LogP contribution < -0.4 is 11.1 Å². The minimum atomic E-state index is -0.451. The van der Waals surface area contributed by atoms with Crippen LogP contribution in [0.5, 0.6) is 0 Å². The summed E-state index contributed by atoms with van der Waals surface area (Å²) in [5.74, 6) is 0.0335. The molecule has 3 N–H and O–H groups in total. The van der Waals surface area contributed by atoms with Gasteiger partial charge in [-0.3, -0.25) is 4.79 Å². The summed E-state index contributed by atoms with van der Waals surface area (Å²) < 4.78 is 12.1. The molecule has 0 spiro atoms. The van der Waals surface area contributed by atoms with Crippen molar-refractivity contribution in [3.05, 3.63) is 34.8 Å². The summed E-state index contributed by atoms with van der Waals surface area (Å²) in [5.41, 5.74) is 8.88. The Kier molecular flexibility index (Phi) is 3.87. The minimum Gasteiger partial charge on any atom is -0.400 e. The number of nitrogens with two attached hydrogens (primary N) is 1. The van der Waals surface area contributed by atoms with Crippen molar-refractivity contribution in [2.75, 3.05) is 11.9 Å². The third kappa shape index (κ3) is 2.94. The lowest BCUT2D eigenvalue weighted by Gasteiger charge is -2.32. The van der Waals surface area contributed by atoms with Crippen molar-refractivity contribution < 1.29 is 14.1 Å². The topological polar surface area (TPSA) is 73.6 Å². The van der Waals surface area contributed by atoms with Gasteiger partial charge in [-0.1, -0.05) is 18.2 Å². The third-order valence-corrected chi connectivity index (χ3v) is 4.90. The molecule has 1 aromatic carbocycles. The van der Waals surface area contributed by atoms with E-state index in [0.29, 0.717) is 13.0 Å². The van der Waals surface area contributed by atoms with Crippen LogP contribution in [0.3, 0.4) is 0 Å². The zero-order chi connectivity index (χ0) is 16.8. The SMILES string of the molecule is CC1(C)OB(C(=Cc2ccc3c(c2)NC(=O)C3)CN)OC1(C)C. The van der Waals surface area contributed by atoms with E-state index < -0.39 is 18.3 Å². The third-order valence-electron chi connectivity index (χ3n) is 4.90. The molecule has 1 saturated heterocycles. The number of hydrogen-bond acceptors (Lipinski definition) is 4. The minimum absolute atomic E-state index is 0.0335. The van der Waals surface area contributed by atoms with E-state index in [4.69, 9.17) is 15.0 Å². The van der Waals surface area contributed by atoms with E-state index >= 15 is 0 Å². The largest absolute Gasteiger partial charge is 0.491 e. The summed E-state index contributed by atoms with van der Waals surface area (Å²) in [4.78, 5) is 11.5. The second-order valence-electron chi connectivity index (χ2n) is 7.15. The summed E-state index contributed by atoms with van der Waals surface area (Å²) in [6, 6.07) is 5.92. The van der Waals surface area contributed by atoms with Gasteiger partial charge in [0.2, 0.25) is 5.91 Å². The zero-order valence-corrected chi connectivity index (χ0v) is 14.1. The van der Waals surface area contributed by atoms with Crippen LogP contribution in [0, 0.1) is 0 Å². The van der Waals surface area contributed by atoms with Crippen molar-refractivity contribution in [3.8, 4) is 0 Å². The predicted molar refractivity (Wildman–Crippen MR) is 91.9 cm³/mol. The van der Waals surface area contributed by atoms with Gasteiger partial charge in [0, 0.05) is 12.2 Å². The molecule has 0 atom stereocenters. The van der Waals surface area contributed by atoms with E-state index in [9.17, 15) is 4.79 Å². The van der Waals surface area contributed by atoms with E-state index in [2.05, 4.69) is 5.32 Å². The van der Waals surface area contributed by atoms with Crippen LogP contribution in [0.25, 0.3) is 6.08 Å². The van der Waals surface area contributed by atoms with Crippen molar-refractivity contribution in [3.63, 3.8) is 0 Å². The van der Waals surface area contributed by atoms with Crippen LogP contribution in [0.4, 0.5) is 5.69 Å². The van der Waals surface area contributed by atoms with Gasteiger partial charge in [-0.15, -0.1) is 0 Å². The Hall–Kier alpha value is -1.63. The molecule has 0 radical (unpaired) electrons. The number of carbonyl (C=O) groups is 1. The average molecular weight is 314 g/mol. The number of carbonyl (C=O) groups excluding carboxylic acids is 1. The van der Waals surface area contributed by atoms with Crippen molar-refractivity contribution in [1.29, 1.82) is 0 Å². The quantitative estimate of drug-likeness (QED) is 0.839. The molecule has 0 aromatic heterocycles. The predicted octanol–water partition coefficient (Wildman–Crippen LogP) is 2.15. The molecule has 0 unspecified atom stereocenters. The van der Waals surface area contributed by atoms with Gasteiger partial charge in [0.15, 0.2) is 0 Å². The lowest BCUT2D eigenvalue weighted by molar-refractivity contribution is -0.115. The van der Waals surface area contributed by atoms with Gasteiger partial charge in [-0.05, 0) is 50.4 Å². The van der Waals surface area contributed by atoms with Crippen molar-refractivity contribution in [2.45, 2.75) is 45.3 Å². The normalized spacial score (nSPS) is 22.2. The Labute approximate surface area is 137 Å². The molecule has 5 nitrogen and oxygen atoms in total. The molecule has 23 heavy (non-hydrogen) atoms. The molecule has 1 amide bonds. The Balaban J connectivity index is 1.86. The maximum atomic E-state index is 11.5. The van der Waals surface area contributed by atoms with Crippen LogP contribution in [-0.4, -0.2) is 30.8 Å². The molecule has 0 bridgehead atoms. The first-order valence-corrected chi connectivity index (χ1v) is 7.91. The standard InChI is InChI=1S/C17H23BN2O3/c1-16(2)17(3,4)23-18(22-16)13(10-19)7-11-5-6-12-9-15(21)20-14(12)8-11/h5-8H,9-10,19H2,1-4H3,(H,20,21). The molecule has 0 saturated carbocycles. The number of nitrogens with one attached hydrogen (secondary N) is 1. The number of hydrogen-bond donors (Lipinski definition) is 2. The Morgan fingerprint density at radius 1 is 1.30 bits per heavy atom. The van der Waals surface area contributed by atoms with Crippen LogP contribution >= 0.6 is 0 Å². The van der Waals surface area contributed by atoms with Crippen LogP contribution in [0.1, 0.15) is 38.8 Å². The monoisotopic (exact) mass is 314 g/mol. The lowest BCUT2D eigenvalue weighted by Crippen LogP contribution is -2.41. The van der Waals surface area contributed by atoms with Crippen molar-refractivity contribution in [1.82, 2.24) is 0 Å². The molecule has 6 heteroatoms. The van der Waals surface area contributed by atoms with E-state index in [-0.39, 0.29) is 5.91 Å². The second kappa shape index (κ2) is 5.48. The van der Waals surface area contributed by atoms with Gasteiger partial charge in [-0.2, -0.15) is 0 Å². The molecule has 2 heterocycles. The fourth-order valence-corrected chi connectivity index (χ4v) is 2.75. The van der Waals surface area contributed by atoms with Gasteiger partial charge >= 0.3 is 7.12 Å². The summed E-state index contributed by atoms with van der Waals surface area (Å²) in [7, 11) is -0.451. The average Bonchev–Trinajstić information content (AvgIpc) is 2.91. The number of amides is 1. The molecule has 1 aromatic rings. The molecule has 3 rings (SSSR count). The highest BCUT2D eigenvalue weighted by molar-refractivity contribution is 6.55. The number of benzene rings is 1. The molecule has 2 aliphatic heterocycles. The fraction of sp³-hybridized carbons (Fsp3) is 0.471. The lowest BCUT2D eigenvalue weighted by atomic mass is 9.77. The summed E-state index contributed by atoms with van der Waals surface area (Å²) in [6.07, 6.45) is 2.42.